The average Bonchev–Trinajstić information content (AvgIpc) is 2.32. The third-order valence-corrected chi connectivity index (χ3v) is 3.48. The smallest absolute Gasteiger partial charge is 0.0478 e. The summed E-state index contributed by atoms with van der Waals surface area (Å²) in [7, 11) is 0. The predicted molar refractivity (Wildman–Crippen MR) is 73.5 cm³/mol. The highest BCUT2D eigenvalue weighted by Gasteiger charge is 2.12. The molecule has 0 aromatic rings. The van der Waals surface area contributed by atoms with Gasteiger partial charge in [-0.2, -0.15) is 0 Å². The molecule has 0 saturated carbocycles. The molecular weight excluding hydrogens is 212 g/mol. The van der Waals surface area contributed by atoms with Gasteiger partial charge in [-0.15, -0.1) is 0 Å². The third-order valence-electron chi connectivity index (χ3n) is 3.48. The van der Waals surface area contributed by atoms with E-state index in [0.717, 1.165) is 25.7 Å². The SMILES string of the molecule is CCCOCCCN1CCCNC(CC)CC1. The van der Waals surface area contributed by atoms with Crippen molar-refractivity contribution in [2.24, 2.45) is 0 Å². The summed E-state index contributed by atoms with van der Waals surface area (Å²) < 4.78 is 5.53. The van der Waals surface area contributed by atoms with E-state index in [4.69, 9.17) is 4.74 Å². The second-order valence-corrected chi connectivity index (χ2v) is 5.01. The standard InChI is InChI=1S/C14H30N2O/c1-3-12-17-13-6-10-16-9-5-8-15-14(4-2)7-11-16/h14-15H,3-13H2,1-2H3. The van der Waals surface area contributed by atoms with Crippen molar-refractivity contribution in [2.45, 2.75) is 52.0 Å². The fourth-order valence-electron chi connectivity index (χ4n) is 2.37. The number of hydrogen-bond acceptors (Lipinski definition) is 3. The van der Waals surface area contributed by atoms with Gasteiger partial charge in [0.25, 0.3) is 0 Å². The molecule has 1 aliphatic rings. The van der Waals surface area contributed by atoms with Crippen LogP contribution in [0.2, 0.25) is 0 Å². The highest BCUT2D eigenvalue weighted by Crippen LogP contribution is 2.05. The van der Waals surface area contributed by atoms with Crippen molar-refractivity contribution in [1.29, 1.82) is 0 Å². The van der Waals surface area contributed by atoms with Crippen molar-refractivity contribution in [3.8, 4) is 0 Å². The Morgan fingerprint density at radius 3 is 2.88 bits per heavy atom. The van der Waals surface area contributed by atoms with Gasteiger partial charge in [-0.05, 0) is 51.7 Å². The first kappa shape index (κ1) is 14.9. The van der Waals surface area contributed by atoms with Crippen molar-refractivity contribution in [2.75, 3.05) is 39.4 Å². The molecule has 0 bridgehead atoms. The maximum absolute atomic E-state index is 5.53. The van der Waals surface area contributed by atoms with E-state index in [0.29, 0.717) is 0 Å². The van der Waals surface area contributed by atoms with Gasteiger partial charge in [0.2, 0.25) is 0 Å². The van der Waals surface area contributed by atoms with E-state index in [-0.39, 0.29) is 0 Å². The molecule has 1 fully saturated rings. The van der Waals surface area contributed by atoms with Crippen LogP contribution in [0.4, 0.5) is 0 Å². The zero-order valence-corrected chi connectivity index (χ0v) is 11.7. The molecule has 0 aromatic heterocycles. The summed E-state index contributed by atoms with van der Waals surface area (Å²) in [5, 5.41) is 3.62. The maximum atomic E-state index is 5.53. The molecule has 3 nitrogen and oxygen atoms in total. The summed E-state index contributed by atoms with van der Waals surface area (Å²) in [4.78, 5) is 2.61. The molecule has 1 atom stereocenters. The van der Waals surface area contributed by atoms with Crippen LogP contribution in [0.1, 0.15) is 46.0 Å². The molecule has 1 N–H and O–H groups in total. The summed E-state index contributed by atoms with van der Waals surface area (Å²) in [5.74, 6) is 0. The van der Waals surface area contributed by atoms with Crippen molar-refractivity contribution in [1.82, 2.24) is 10.2 Å². The van der Waals surface area contributed by atoms with Gasteiger partial charge >= 0.3 is 0 Å². The lowest BCUT2D eigenvalue weighted by molar-refractivity contribution is 0.118. The first-order valence-corrected chi connectivity index (χ1v) is 7.40. The molecule has 102 valence electrons. The Hall–Kier alpha value is -0.120. The van der Waals surface area contributed by atoms with Crippen LogP contribution in [-0.4, -0.2) is 50.3 Å². The van der Waals surface area contributed by atoms with E-state index in [1.165, 1.54) is 51.9 Å². The molecule has 0 radical (unpaired) electrons. The molecule has 17 heavy (non-hydrogen) atoms. The van der Waals surface area contributed by atoms with Gasteiger partial charge < -0.3 is 15.0 Å². The summed E-state index contributed by atoms with van der Waals surface area (Å²) in [6.45, 7) is 11.2. The van der Waals surface area contributed by atoms with E-state index in [1.807, 2.05) is 0 Å². The Morgan fingerprint density at radius 1 is 1.24 bits per heavy atom. The minimum atomic E-state index is 0.731. The lowest BCUT2D eigenvalue weighted by Crippen LogP contribution is -2.40. The highest BCUT2D eigenvalue weighted by molar-refractivity contribution is 4.72. The molecule has 0 aromatic carbocycles. The van der Waals surface area contributed by atoms with Crippen molar-refractivity contribution >= 4 is 0 Å². The Bertz CT molecular complexity index is 176. The van der Waals surface area contributed by atoms with Crippen LogP contribution in [-0.2, 0) is 4.74 Å². The summed E-state index contributed by atoms with van der Waals surface area (Å²) >= 11 is 0. The van der Waals surface area contributed by atoms with Crippen LogP contribution in [0, 0.1) is 0 Å². The minimum Gasteiger partial charge on any atom is -0.381 e. The van der Waals surface area contributed by atoms with Gasteiger partial charge in [-0.1, -0.05) is 13.8 Å². The number of rotatable bonds is 7. The highest BCUT2D eigenvalue weighted by atomic mass is 16.5. The van der Waals surface area contributed by atoms with E-state index in [1.54, 1.807) is 0 Å². The second-order valence-electron chi connectivity index (χ2n) is 5.01. The zero-order valence-electron chi connectivity index (χ0n) is 11.7. The summed E-state index contributed by atoms with van der Waals surface area (Å²) in [6.07, 6.45) is 6.16. The quantitative estimate of drug-likeness (QED) is 0.693. The predicted octanol–water partition coefficient (Wildman–Crippen LogP) is 2.27. The summed E-state index contributed by atoms with van der Waals surface area (Å²) in [5.41, 5.74) is 0. The molecule has 1 unspecified atom stereocenters. The third kappa shape index (κ3) is 7.02. The van der Waals surface area contributed by atoms with Crippen LogP contribution in [0.15, 0.2) is 0 Å². The molecular formula is C14H30N2O. The lowest BCUT2D eigenvalue weighted by atomic mass is 10.1. The fourth-order valence-corrected chi connectivity index (χ4v) is 2.37. The Balaban J connectivity index is 2.09. The minimum absolute atomic E-state index is 0.731. The molecule has 1 rings (SSSR count). The number of hydrogen-bond donors (Lipinski definition) is 1. The molecule has 3 heteroatoms. The van der Waals surface area contributed by atoms with Gasteiger partial charge in [0.05, 0.1) is 0 Å². The number of ether oxygens (including phenoxy) is 1. The second kappa shape index (κ2) is 9.86. The zero-order chi connectivity index (χ0) is 12.3. The van der Waals surface area contributed by atoms with Crippen LogP contribution in [0.25, 0.3) is 0 Å². The normalized spacial score (nSPS) is 23.3. The average molecular weight is 242 g/mol. The van der Waals surface area contributed by atoms with Crippen molar-refractivity contribution < 1.29 is 4.74 Å². The van der Waals surface area contributed by atoms with Gasteiger partial charge in [-0.25, -0.2) is 0 Å². The molecule has 0 aliphatic carbocycles. The Labute approximate surface area is 107 Å². The molecule has 0 amide bonds. The lowest BCUT2D eigenvalue weighted by Gasteiger charge is -2.28. The van der Waals surface area contributed by atoms with Gasteiger partial charge in [0.15, 0.2) is 0 Å². The van der Waals surface area contributed by atoms with Crippen LogP contribution >= 0.6 is 0 Å². The first-order chi connectivity index (χ1) is 8.36. The maximum Gasteiger partial charge on any atom is 0.0478 e. The van der Waals surface area contributed by atoms with E-state index >= 15 is 0 Å². The van der Waals surface area contributed by atoms with Gasteiger partial charge in [-0.3, -0.25) is 0 Å². The van der Waals surface area contributed by atoms with E-state index in [9.17, 15) is 0 Å². The van der Waals surface area contributed by atoms with Crippen LogP contribution < -0.4 is 5.32 Å². The molecule has 1 heterocycles. The van der Waals surface area contributed by atoms with E-state index < -0.39 is 0 Å². The number of nitrogens with zero attached hydrogens (tertiary/aromatic N) is 1. The topological polar surface area (TPSA) is 24.5 Å². The van der Waals surface area contributed by atoms with Crippen molar-refractivity contribution in [3.63, 3.8) is 0 Å². The van der Waals surface area contributed by atoms with Crippen molar-refractivity contribution in [3.05, 3.63) is 0 Å². The van der Waals surface area contributed by atoms with Crippen LogP contribution in [0.3, 0.4) is 0 Å². The van der Waals surface area contributed by atoms with E-state index in [2.05, 4.69) is 24.1 Å². The molecule has 1 saturated heterocycles. The number of nitrogens with one attached hydrogen (secondary N) is 1. The van der Waals surface area contributed by atoms with Gasteiger partial charge in [0.1, 0.15) is 0 Å². The molecule has 1 aliphatic heterocycles. The Morgan fingerprint density at radius 2 is 2.12 bits per heavy atom. The largest absolute Gasteiger partial charge is 0.381 e. The summed E-state index contributed by atoms with van der Waals surface area (Å²) in [6, 6.07) is 0.731. The fraction of sp³-hybridized carbons (Fsp3) is 1.00. The first-order valence-electron chi connectivity index (χ1n) is 7.40. The monoisotopic (exact) mass is 242 g/mol. The van der Waals surface area contributed by atoms with Crippen LogP contribution in [0.5, 0.6) is 0 Å². The van der Waals surface area contributed by atoms with Gasteiger partial charge in [0, 0.05) is 25.8 Å². The molecule has 0 spiro atoms. The Kier molecular flexibility index (Phi) is 8.67.